The van der Waals surface area contributed by atoms with E-state index in [4.69, 9.17) is 29.2 Å². The summed E-state index contributed by atoms with van der Waals surface area (Å²) in [7, 11) is 0. The zero-order valence-corrected chi connectivity index (χ0v) is 21.7. The van der Waals surface area contributed by atoms with Gasteiger partial charge in [-0.15, -0.1) is 0 Å². The highest BCUT2D eigenvalue weighted by atomic mass is 16.5. The van der Waals surface area contributed by atoms with E-state index in [9.17, 15) is 14.7 Å². The maximum absolute atomic E-state index is 12.6. The van der Waals surface area contributed by atoms with Gasteiger partial charge in [0.05, 0.1) is 44.6 Å². The van der Waals surface area contributed by atoms with E-state index in [2.05, 4.69) is 15.5 Å². The smallest absolute Gasteiger partial charge is 0.338 e. The second kappa shape index (κ2) is 11.4. The van der Waals surface area contributed by atoms with Gasteiger partial charge >= 0.3 is 12.0 Å². The van der Waals surface area contributed by atoms with Crippen molar-refractivity contribution in [1.29, 1.82) is 0 Å². The van der Waals surface area contributed by atoms with Crippen molar-refractivity contribution in [2.24, 2.45) is 0 Å². The van der Waals surface area contributed by atoms with E-state index in [1.807, 2.05) is 17.0 Å². The Morgan fingerprint density at radius 1 is 0.925 bits per heavy atom. The number of rotatable bonds is 6. The van der Waals surface area contributed by atoms with Crippen LogP contribution >= 0.6 is 0 Å². The van der Waals surface area contributed by atoms with Gasteiger partial charge < -0.3 is 39.8 Å². The molecule has 0 radical (unpaired) electrons. The van der Waals surface area contributed by atoms with Gasteiger partial charge in [-0.05, 0) is 42.5 Å². The molecule has 0 spiro atoms. The average molecular weight is 548 g/mol. The van der Waals surface area contributed by atoms with Crippen molar-refractivity contribution in [3.63, 3.8) is 0 Å². The summed E-state index contributed by atoms with van der Waals surface area (Å²) in [5.41, 5.74) is 3.14. The predicted molar refractivity (Wildman–Crippen MR) is 146 cm³/mol. The molecule has 0 aliphatic carbocycles. The van der Waals surface area contributed by atoms with Crippen molar-refractivity contribution >= 4 is 35.3 Å². The summed E-state index contributed by atoms with van der Waals surface area (Å²) in [6.07, 6.45) is 0. The number of nitrogens with one attached hydrogen (secondary N) is 2. The minimum atomic E-state index is -0.419. The molecule has 40 heavy (non-hydrogen) atoms. The molecule has 3 aromatic rings. The van der Waals surface area contributed by atoms with Crippen molar-refractivity contribution in [2.45, 2.75) is 12.6 Å². The fourth-order valence-corrected chi connectivity index (χ4v) is 4.79. The normalized spacial score (nSPS) is 18.7. The summed E-state index contributed by atoms with van der Waals surface area (Å²) in [5.74, 6) is 1.17. The maximum atomic E-state index is 12.6. The molecular weight excluding hydrogens is 518 g/mol. The van der Waals surface area contributed by atoms with Gasteiger partial charge in [0, 0.05) is 42.1 Å². The highest BCUT2D eigenvalue weighted by molar-refractivity contribution is 6.01. The number of carbonyl (C=O) groups excluding carboxylic acids is 2. The quantitative estimate of drug-likeness (QED) is 0.388. The first-order valence-electron chi connectivity index (χ1n) is 13.1. The zero-order chi connectivity index (χ0) is 27.5. The number of cyclic esters (lactones) is 1. The number of carbonyl (C=O) groups is 2. The lowest BCUT2D eigenvalue weighted by Crippen LogP contribution is -2.48. The van der Waals surface area contributed by atoms with E-state index in [0.717, 1.165) is 11.1 Å². The molecule has 3 aliphatic heterocycles. The van der Waals surface area contributed by atoms with Gasteiger partial charge in [0.2, 0.25) is 11.9 Å². The number of aliphatic hydroxyl groups excluding tert-OH is 1. The molecule has 2 amide bonds. The van der Waals surface area contributed by atoms with Gasteiger partial charge in [-0.1, -0.05) is 0 Å². The molecule has 2 saturated heterocycles. The van der Waals surface area contributed by atoms with E-state index < -0.39 is 6.03 Å². The topological polar surface area (TPSA) is 151 Å². The van der Waals surface area contributed by atoms with Crippen LogP contribution in [-0.2, 0) is 20.8 Å². The van der Waals surface area contributed by atoms with Gasteiger partial charge in [0.15, 0.2) is 5.82 Å². The molecule has 1 atom stereocenters. The summed E-state index contributed by atoms with van der Waals surface area (Å²) in [4.78, 5) is 42.5. The van der Waals surface area contributed by atoms with Gasteiger partial charge in [0.25, 0.3) is 0 Å². The van der Waals surface area contributed by atoms with E-state index in [-0.39, 0.29) is 25.2 Å². The fraction of sp³-hybridized carbons (Fsp3) is 0.370. The molecule has 0 bridgehead atoms. The van der Waals surface area contributed by atoms with E-state index in [1.165, 1.54) is 0 Å². The maximum Gasteiger partial charge on any atom is 0.338 e. The molecule has 6 rings (SSSR count). The minimum Gasteiger partial charge on any atom is -0.457 e. The Labute approximate surface area is 230 Å². The van der Waals surface area contributed by atoms with Crippen molar-refractivity contribution < 1.29 is 28.9 Å². The van der Waals surface area contributed by atoms with Crippen LogP contribution in [0.15, 0.2) is 42.5 Å². The number of urea groups is 1. The molecule has 208 valence electrons. The highest BCUT2D eigenvalue weighted by Gasteiger charge is 2.27. The van der Waals surface area contributed by atoms with Gasteiger partial charge in [-0.2, -0.15) is 15.0 Å². The summed E-state index contributed by atoms with van der Waals surface area (Å²) in [6, 6.07) is 11.6. The van der Waals surface area contributed by atoms with Crippen molar-refractivity contribution in [3.05, 3.63) is 53.6 Å². The SMILES string of the molecule is O=C(Nc1ccc(-c2nc(N3CCOCC3)nc(N3CCOCC3CO)n2)cc1)Nc1ccc2c(c1)COC2=O. The molecule has 2 aromatic carbocycles. The minimum absolute atomic E-state index is 0.0757. The zero-order valence-electron chi connectivity index (χ0n) is 21.7. The first-order valence-corrected chi connectivity index (χ1v) is 13.1. The Morgan fingerprint density at radius 3 is 2.45 bits per heavy atom. The number of hydrogen-bond acceptors (Lipinski definition) is 11. The Hall–Kier alpha value is -4.33. The number of esters is 1. The Balaban J connectivity index is 1.20. The Morgan fingerprint density at radius 2 is 1.65 bits per heavy atom. The average Bonchev–Trinajstić information content (AvgIpc) is 3.37. The van der Waals surface area contributed by atoms with Crippen LogP contribution in [0.3, 0.4) is 0 Å². The van der Waals surface area contributed by atoms with Crippen LogP contribution in [0.2, 0.25) is 0 Å². The third kappa shape index (κ3) is 5.52. The van der Waals surface area contributed by atoms with Crippen molar-refractivity contribution in [1.82, 2.24) is 15.0 Å². The summed E-state index contributed by atoms with van der Waals surface area (Å²) in [6.45, 7) is 4.11. The fourth-order valence-electron chi connectivity index (χ4n) is 4.79. The van der Waals surface area contributed by atoms with Crippen LogP contribution in [0.5, 0.6) is 0 Å². The number of amides is 2. The van der Waals surface area contributed by atoms with E-state index >= 15 is 0 Å². The number of nitrogens with zero attached hydrogens (tertiary/aromatic N) is 5. The summed E-state index contributed by atoms with van der Waals surface area (Å²) < 4.78 is 16.0. The van der Waals surface area contributed by atoms with Crippen LogP contribution in [0, 0.1) is 0 Å². The van der Waals surface area contributed by atoms with Crippen LogP contribution in [0.1, 0.15) is 15.9 Å². The van der Waals surface area contributed by atoms with E-state index in [1.54, 1.807) is 30.3 Å². The molecule has 3 N–H and O–H groups in total. The largest absolute Gasteiger partial charge is 0.457 e. The third-order valence-electron chi connectivity index (χ3n) is 6.94. The van der Waals surface area contributed by atoms with Crippen LogP contribution < -0.4 is 20.4 Å². The van der Waals surface area contributed by atoms with Crippen molar-refractivity contribution in [2.75, 3.05) is 73.1 Å². The molecule has 2 fully saturated rings. The Bertz CT molecular complexity index is 1400. The molecule has 13 nitrogen and oxygen atoms in total. The van der Waals surface area contributed by atoms with Gasteiger partial charge in [0.1, 0.15) is 6.61 Å². The van der Waals surface area contributed by atoms with Crippen LogP contribution in [0.25, 0.3) is 11.4 Å². The molecule has 0 saturated carbocycles. The number of hydrogen-bond donors (Lipinski definition) is 3. The molecule has 3 aliphatic rings. The van der Waals surface area contributed by atoms with Crippen LogP contribution in [0.4, 0.5) is 28.1 Å². The summed E-state index contributed by atoms with van der Waals surface area (Å²) in [5, 5.41) is 15.5. The molecule has 1 aromatic heterocycles. The number of aliphatic hydroxyl groups is 1. The predicted octanol–water partition coefficient (Wildman–Crippen LogP) is 1.89. The Kier molecular flexibility index (Phi) is 7.40. The van der Waals surface area contributed by atoms with Gasteiger partial charge in [-0.25, -0.2) is 9.59 Å². The van der Waals surface area contributed by atoms with Gasteiger partial charge in [-0.3, -0.25) is 0 Å². The lowest BCUT2D eigenvalue weighted by Gasteiger charge is -2.35. The van der Waals surface area contributed by atoms with E-state index in [0.29, 0.717) is 80.7 Å². The first kappa shape index (κ1) is 25.9. The standard InChI is InChI=1S/C27H29N7O6/c35-14-21-16-39-12-9-34(21)26-31-23(30-25(32-26)33-7-10-38-11-8-33)17-1-3-19(4-2-17)28-27(37)29-20-5-6-22-18(13-20)15-40-24(22)36/h1-6,13,21,35H,7-12,14-16H2,(H2,28,29,37). The lowest BCUT2D eigenvalue weighted by molar-refractivity contribution is 0.0535. The number of anilines is 4. The number of fused-ring (bicyclic) bond motifs is 1. The molecule has 1 unspecified atom stereocenters. The number of benzene rings is 2. The second-order valence-corrected chi connectivity index (χ2v) is 9.57. The lowest BCUT2D eigenvalue weighted by atomic mass is 10.1. The second-order valence-electron chi connectivity index (χ2n) is 9.57. The molecular formula is C27H29N7O6. The third-order valence-corrected chi connectivity index (χ3v) is 6.94. The summed E-state index contributed by atoms with van der Waals surface area (Å²) >= 11 is 0. The monoisotopic (exact) mass is 547 g/mol. The molecule has 4 heterocycles. The molecule has 13 heteroatoms. The van der Waals surface area contributed by atoms with Crippen LogP contribution in [-0.4, -0.2) is 90.8 Å². The number of aromatic nitrogens is 3. The first-order chi connectivity index (χ1) is 19.6. The highest BCUT2D eigenvalue weighted by Crippen LogP contribution is 2.26. The number of ether oxygens (including phenoxy) is 3. The van der Waals surface area contributed by atoms with Crippen molar-refractivity contribution in [3.8, 4) is 11.4 Å². The number of morpholine rings is 2.